The number of halogens is 1. The van der Waals surface area contributed by atoms with Crippen molar-refractivity contribution in [3.8, 4) is 0 Å². The molecule has 0 atom stereocenters. The average Bonchev–Trinajstić information content (AvgIpc) is 2.03. The molecule has 0 spiro atoms. The number of aromatic nitrogens is 1. The Kier molecular flexibility index (Phi) is 3.32. The van der Waals surface area contributed by atoms with Crippen molar-refractivity contribution in [1.29, 1.82) is 0 Å². The number of rotatable bonds is 2. The molecule has 0 saturated heterocycles. The molecular formula is C11H16ClN. The number of pyridine rings is 1. The van der Waals surface area contributed by atoms with E-state index in [0.29, 0.717) is 11.8 Å². The molecule has 1 aromatic rings. The minimum absolute atomic E-state index is 0.397. The van der Waals surface area contributed by atoms with Crippen molar-refractivity contribution in [3.05, 3.63) is 28.5 Å². The third-order valence-electron chi connectivity index (χ3n) is 2.10. The molecule has 1 aromatic heterocycles. The van der Waals surface area contributed by atoms with E-state index in [1.807, 2.05) is 12.3 Å². The molecule has 0 amide bonds. The fourth-order valence-electron chi connectivity index (χ4n) is 1.20. The first-order valence-corrected chi connectivity index (χ1v) is 5.05. The van der Waals surface area contributed by atoms with Crippen LogP contribution in [0.25, 0.3) is 0 Å². The molecular weight excluding hydrogens is 182 g/mol. The van der Waals surface area contributed by atoms with Crippen molar-refractivity contribution >= 4 is 11.6 Å². The van der Waals surface area contributed by atoms with Gasteiger partial charge in [0.15, 0.2) is 0 Å². The predicted molar refractivity (Wildman–Crippen MR) is 57.4 cm³/mol. The molecule has 72 valence electrons. The molecule has 0 aliphatic heterocycles. The van der Waals surface area contributed by atoms with Crippen LogP contribution in [0.4, 0.5) is 0 Å². The van der Waals surface area contributed by atoms with Crippen molar-refractivity contribution in [2.45, 2.75) is 39.5 Å². The third kappa shape index (κ3) is 2.44. The lowest BCUT2D eigenvalue weighted by atomic mass is 10.0. The van der Waals surface area contributed by atoms with Crippen LogP contribution in [0, 0.1) is 0 Å². The van der Waals surface area contributed by atoms with Crippen LogP contribution in [0.15, 0.2) is 12.3 Å². The van der Waals surface area contributed by atoms with Crippen molar-refractivity contribution in [2.24, 2.45) is 0 Å². The molecule has 0 N–H and O–H groups in total. The van der Waals surface area contributed by atoms with Crippen molar-refractivity contribution in [2.75, 3.05) is 0 Å². The standard InChI is InChI=1S/C11H16ClN/c1-7(2)9-5-10(12)11(8(3)4)13-6-9/h5-8H,1-4H3. The summed E-state index contributed by atoms with van der Waals surface area (Å²) in [4.78, 5) is 4.37. The minimum atomic E-state index is 0.397. The summed E-state index contributed by atoms with van der Waals surface area (Å²) in [7, 11) is 0. The summed E-state index contributed by atoms with van der Waals surface area (Å²) in [5.74, 6) is 0.889. The highest BCUT2D eigenvalue weighted by atomic mass is 35.5. The van der Waals surface area contributed by atoms with Gasteiger partial charge < -0.3 is 0 Å². The summed E-state index contributed by atoms with van der Waals surface area (Å²) < 4.78 is 0. The largest absolute Gasteiger partial charge is 0.259 e. The van der Waals surface area contributed by atoms with Gasteiger partial charge in [-0.25, -0.2) is 0 Å². The van der Waals surface area contributed by atoms with Gasteiger partial charge in [-0.1, -0.05) is 39.3 Å². The van der Waals surface area contributed by atoms with E-state index in [-0.39, 0.29) is 0 Å². The maximum Gasteiger partial charge on any atom is 0.0626 e. The fourth-order valence-corrected chi connectivity index (χ4v) is 1.60. The zero-order chi connectivity index (χ0) is 10.0. The van der Waals surface area contributed by atoms with Crippen molar-refractivity contribution in [1.82, 2.24) is 4.98 Å². The van der Waals surface area contributed by atoms with Crippen LogP contribution in [-0.2, 0) is 0 Å². The topological polar surface area (TPSA) is 12.9 Å². The Labute approximate surface area is 85.1 Å². The average molecular weight is 198 g/mol. The molecule has 1 nitrogen and oxygen atoms in total. The highest BCUT2D eigenvalue weighted by Gasteiger charge is 2.08. The Bertz CT molecular complexity index is 292. The van der Waals surface area contributed by atoms with Gasteiger partial charge in [0.25, 0.3) is 0 Å². The van der Waals surface area contributed by atoms with Crippen molar-refractivity contribution < 1.29 is 0 Å². The lowest BCUT2D eigenvalue weighted by molar-refractivity contribution is 0.803. The van der Waals surface area contributed by atoms with Crippen LogP contribution in [-0.4, -0.2) is 4.98 Å². The van der Waals surface area contributed by atoms with E-state index in [1.165, 1.54) is 5.56 Å². The second-order valence-corrected chi connectivity index (χ2v) is 4.35. The molecule has 0 aliphatic carbocycles. The molecule has 0 fully saturated rings. The number of hydrogen-bond donors (Lipinski definition) is 0. The van der Waals surface area contributed by atoms with Crippen molar-refractivity contribution in [3.63, 3.8) is 0 Å². The molecule has 13 heavy (non-hydrogen) atoms. The molecule has 0 aromatic carbocycles. The summed E-state index contributed by atoms with van der Waals surface area (Å²) in [6.07, 6.45) is 1.92. The normalized spacial score (nSPS) is 11.3. The lowest BCUT2D eigenvalue weighted by Crippen LogP contribution is -1.97. The zero-order valence-electron chi connectivity index (χ0n) is 8.63. The quantitative estimate of drug-likeness (QED) is 0.699. The Morgan fingerprint density at radius 2 is 1.77 bits per heavy atom. The van der Waals surface area contributed by atoms with Crippen LogP contribution in [0.2, 0.25) is 5.02 Å². The first-order chi connectivity index (χ1) is 6.02. The van der Waals surface area contributed by atoms with E-state index >= 15 is 0 Å². The van der Waals surface area contributed by atoms with Gasteiger partial charge in [0.2, 0.25) is 0 Å². The van der Waals surface area contributed by atoms with Gasteiger partial charge in [-0.3, -0.25) is 4.98 Å². The predicted octanol–water partition coefficient (Wildman–Crippen LogP) is 3.98. The maximum absolute atomic E-state index is 6.11. The van der Waals surface area contributed by atoms with Crippen LogP contribution in [0.5, 0.6) is 0 Å². The van der Waals surface area contributed by atoms with Crippen LogP contribution < -0.4 is 0 Å². The highest BCUT2D eigenvalue weighted by Crippen LogP contribution is 2.25. The Morgan fingerprint density at radius 1 is 1.15 bits per heavy atom. The van der Waals surface area contributed by atoms with E-state index in [1.54, 1.807) is 0 Å². The minimum Gasteiger partial charge on any atom is -0.259 e. The monoisotopic (exact) mass is 197 g/mol. The van der Waals surface area contributed by atoms with E-state index in [4.69, 9.17) is 11.6 Å². The summed E-state index contributed by atoms with van der Waals surface area (Å²) in [5, 5.41) is 0.793. The first-order valence-electron chi connectivity index (χ1n) is 4.67. The molecule has 1 heterocycles. The van der Waals surface area contributed by atoms with Gasteiger partial charge in [0.1, 0.15) is 0 Å². The van der Waals surface area contributed by atoms with E-state index in [9.17, 15) is 0 Å². The van der Waals surface area contributed by atoms with E-state index in [0.717, 1.165) is 10.7 Å². The molecule has 0 unspecified atom stereocenters. The molecule has 0 bridgehead atoms. The van der Waals surface area contributed by atoms with Crippen LogP contribution in [0.1, 0.15) is 50.8 Å². The molecule has 0 radical (unpaired) electrons. The van der Waals surface area contributed by atoms with Gasteiger partial charge in [0.05, 0.1) is 10.7 Å². The van der Waals surface area contributed by atoms with E-state index < -0.39 is 0 Å². The Morgan fingerprint density at radius 3 is 2.15 bits per heavy atom. The van der Waals surface area contributed by atoms with Gasteiger partial charge in [-0.15, -0.1) is 0 Å². The lowest BCUT2D eigenvalue weighted by Gasteiger charge is -2.10. The van der Waals surface area contributed by atoms with Gasteiger partial charge >= 0.3 is 0 Å². The van der Waals surface area contributed by atoms with Crippen LogP contribution in [0.3, 0.4) is 0 Å². The zero-order valence-corrected chi connectivity index (χ0v) is 9.39. The summed E-state index contributed by atoms with van der Waals surface area (Å²) in [6.45, 7) is 8.48. The number of hydrogen-bond acceptors (Lipinski definition) is 1. The summed E-state index contributed by atoms with van der Waals surface area (Å²) >= 11 is 6.11. The van der Waals surface area contributed by atoms with Gasteiger partial charge in [-0.2, -0.15) is 0 Å². The smallest absolute Gasteiger partial charge is 0.0626 e. The summed E-state index contributed by atoms with van der Waals surface area (Å²) in [5.41, 5.74) is 2.19. The SMILES string of the molecule is CC(C)c1cnc(C(C)C)c(Cl)c1. The summed E-state index contributed by atoms with van der Waals surface area (Å²) in [6, 6.07) is 2.02. The molecule has 0 saturated carbocycles. The van der Waals surface area contributed by atoms with Gasteiger partial charge in [-0.05, 0) is 23.5 Å². The second-order valence-electron chi connectivity index (χ2n) is 3.95. The number of nitrogens with zero attached hydrogens (tertiary/aromatic N) is 1. The van der Waals surface area contributed by atoms with Crippen LogP contribution >= 0.6 is 11.6 Å². The second kappa shape index (κ2) is 4.10. The molecule has 1 rings (SSSR count). The third-order valence-corrected chi connectivity index (χ3v) is 2.41. The highest BCUT2D eigenvalue weighted by molar-refractivity contribution is 6.31. The fraction of sp³-hybridized carbons (Fsp3) is 0.545. The Hall–Kier alpha value is -0.560. The molecule has 2 heteroatoms. The van der Waals surface area contributed by atoms with E-state index in [2.05, 4.69) is 32.7 Å². The maximum atomic E-state index is 6.11. The first kappa shape index (κ1) is 10.5. The Balaban J connectivity index is 3.06. The van der Waals surface area contributed by atoms with Gasteiger partial charge in [0, 0.05) is 6.20 Å². The molecule has 0 aliphatic rings.